The molecule has 4 rings (SSSR count). The Hall–Kier alpha value is -3.76. The molecule has 0 spiro atoms. The molecule has 4 aromatic rings. The topological polar surface area (TPSA) is 109 Å². The molecule has 0 unspecified atom stereocenters. The number of aromatic nitrogens is 2. The van der Waals surface area contributed by atoms with E-state index in [9.17, 15) is 14.9 Å². The predicted molar refractivity (Wildman–Crippen MR) is 151 cm³/mol. The van der Waals surface area contributed by atoms with Gasteiger partial charge in [0.2, 0.25) is 0 Å². The number of nitrogens with zero attached hydrogens (tertiary/aromatic N) is 4. The Labute approximate surface area is 232 Å². The molecule has 0 saturated carbocycles. The minimum Gasteiger partial charge on any atom is -0.493 e. The van der Waals surface area contributed by atoms with E-state index in [0.717, 1.165) is 16.5 Å². The number of benzene rings is 3. The Morgan fingerprint density at radius 1 is 1.21 bits per heavy atom. The Kier molecular flexibility index (Phi) is 8.43. The molecule has 0 saturated heterocycles. The van der Waals surface area contributed by atoms with Gasteiger partial charge in [0.05, 0.1) is 34.2 Å². The molecule has 11 heteroatoms. The highest BCUT2D eigenvalue weighted by Crippen LogP contribution is 2.36. The van der Waals surface area contributed by atoms with Crippen molar-refractivity contribution in [1.82, 2.24) is 9.66 Å². The summed E-state index contributed by atoms with van der Waals surface area (Å²) in [5, 5.41) is 16.1. The lowest BCUT2D eigenvalue weighted by Crippen LogP contribution is -2.23. The number of rotatable bonds is 9. The van der Waals surface area contributed by atoms with Crippen molar-refractivity contribution in [3.05, 3.63) is 102 Å². The highest BCUT2D eigenvalue weighted by Gasteiger charge is 2.17. The summed E-state index contributed by atoms with van der Waals surface area (Å²) >= 11 is 9.93. The van der Waals surface area contributed by atoms with E-state index in [0.29, 0.717) is 33.8 Å². The van der Waals surface area contributed by atoms with Gasteiger partial charge in [-0.25, -0.2) is 4.98 Å². The zero-order chi connectivity index (χ0) is 27.4. The average molecular weight is 600 g/mol. The molecule has 3 aromatic carbocycles. The number of methoxy groups -OCH3 is 1. The zero-order valence-corrected chi connectivity index (χ0v) is 23.2. The van der Waals surface area contributed by atoms with Gasteiger partial charge in [-0.1, -0.05) is 41.4 Å². The van der Waals surface area contributed by atoms with Gasteiger partial charge in [0.1, 0.15) is 12.4 Å². The third-order valence-corrected chi connectivity index (χ3v) is 6.76. The van der Waals surface area contributed by atoms with Crippen molar-refractivity contribution in [1.29, 1.82) is 0 Å². The van der Waals surface area contributed by atoms with Crippen molar-refractivity contribution in [3.8, 4) is 11.5 Å². The van der Waals surface area contributed by atoms with Gasteiger partial charge in [-0.05, 0) is 60.0 Å². The first-order valence-electron chi connectivity index (χ1n) is 11.7. The van der Waals surface area contributed by atoms with Crippen LogP contribution in [0.4, 0.5) is 5.69 Å². The summed E-state index contributed by atoms with van der Waals surface area (Å²) in [5.41, 5.74) is 1.65. The van der Waals surface area contributed by atoms with Crippen molar-refractivity contribution < 1.29 is 14.4 Å². The number of hydrogen-bond donors (Lipinski definition) is 0. The van der Waals surface area contributed by atoms with Gasteiger partial charge in [-0.3, -0.25) is 14.9 Å². The highest BCUT2D eigenvalue weighted by molar-refractivity contribution is 9.10. The summed E-state index contributed by atoms with van der Waals surface area (Å²) in [7, 11) is 1.49. The second kappa shape index (κ2) is 11.7. The fourth-order valence-corrected chi connectivity index (χ4v) is 4.36. The predicted octanol–water partition coefficient (Wildman–Crippen LogP) is 6.70. The van der Waals surface area contributed by atoms with Crippen LogP contribution in [0.25, 0.3) is 10.9 Å². The van der Waals surface area contributed by atoms with Crippen molar-refractivity contribution >= 4 is 50.3 Å². The Morgan fingerprint density at radius 2 is 1.95 bits per heavy atom. The molecule has 38 heavy (non-hydrogen) atoms. The van der Waals surface area contributed by atoms with Gasteiger partial charge in [-0.2, -0.15) is 9.78 Å². The second-order valence-electron chi connectivity index (χ2n) is 8.55. The Bertz CT molecular complexity index is 1590. The molecule has 0 fully saturated rings. The lowest BCUT2D eigenvalue weighted by Gasteiger charge is -2.15. The molecule has 0 aliphatic rings. The van der Waals surface area contributed by atoms with E-state index in [-0.39, 0.29) is 28.8 Å². The van der Waals surface area contributed by atoms with Crippen molar-refractivity contribution in [2.75, 3.05) is 7.11 Å². The molecule has 1 heterocycles. The standard InChI is InChI=1S/C27H24BrClN4O5/c1-4-16(2)26-31-23-10-7-19(28)13-21(23)27(34)32(26)30-14-18-11-22(29)25(24(12-18)37-3)38-15-17-5-8-20(9-6-17)33(35)36/h5-14,16H,4,15H2,1-3H3/t16-/m0/s1. The van der Waals surface area contributed by atoms with Gasteiger partial charge in [-0.15, -0.1) is 0 Å². The quantitative estimate of drug-likeness (QED) is 0.120. The van der Waals surface area contributed by atoms with E-state index >= 15 is 0 Å². The van der Waals surface area contributed by atoms with Crippen LogP contribution in [-0.2, 0) is 6.61 Å². The summed E-state index contributed by atoms with van der Waals surface area (Å²) in [4.78, 5) is 28.5. The third-order valence-electron chi connectivity index (χ3n) is 5.99. The van der Waals surface area contributed by atoms with Gasteiger partial charge in [0.15, 0.2) is 11.5 Å². The minimum atomic E-state index is -0.461. The number of fused-ring (bicyclic) bond motifs is 1. The second-order valence-corrected chi connectivity index (χ2v) is 9.87. The van der Waals surface area contributed by atoms with Gasteiger partial charge < -0.3 is 9.47 Å². The van der Waals surface area contributed by atoms with Crippen LogP contribution >= 0.6 is 27.5 Å². The Balaban J connectivity index is 1.65. The molecular weight excluding hydrogens is 576 g/mol. The van der Waals surface area contributed by atoms with Crippen LogP contribution < -0.4 is 15.0 Å². The van der Waals surface area contributed by atoms with E-state index in [1.807, 2.05) is 19.9 Å². The minimum absolute atomic E-state index is 0.00113. The number of non-ortho nitro benzene ring substituents is 1. The SMILES string of the molecule is CC[C@H](C)c1nc2ccc(Br)cc2c(=O)n1N=Cc1cc(Cl)c(OCc2ccc([N+](=O)[O-])cc2)c(OC)c1. The molecule has 0 radical (unpaired) electrons. The molecule has 0 aliphatic carbocycles. The van der Waals surface area contributed by atoms with E-state index in [1.165, 1.54) is 30.1 Å². The fraction of sp³-hybridized carbons (Fsp3) is 0.222. The molecule has 1 aromatic heterocycles. The first kappa shape index (κ1) is 27.3. The summed E-state index contributed by atoms with van der Waals surface area (Å²) in [5.74, 6) is 1.25. The summed E-state index contributed by atoms with van der Waals surface area (Å²) < 4.78 is 13.4. The van der Waals surface area contributed by atoms with Crippen LogP contribution in [0.1, 0.15) is 43.1 Å². The van der Waals surface area contributed by atoms with Crippen LogP contribution in [-0.4, -0.2) is 27.9 Å². The molecule has 0 amide bonds. The fourth-order valence-electron chi connectivity index (χ4n) is 3.73. The molecule has 0 bridgehead atoms. The summed E-state index contributed by atoms with van der Waals surface area (Å²) in [6, 6.07) is 14.8. The molecule has 196 valence electrons. The van der Waals surface area contributed by atoms with Crippen molar-refractivity contribution in [2.24, 2.45) is 5.10 Å². The molecule has 0 N–H and O–H groups in total. The van der Waals surface area contributed by atoms with Crippen LogP contribution in [0.5, 0.6) is 11.5 Å². The van der Waals surface area contributed by atoms with E-state index in [4.69, 9.17) is 26.1 Å². The van der Waals surface area contributed by atoms with Crippen LogP contribution in [0.2, 0.25) is 5.02 Å². The lowest BCUT2D eigenvalue weighted by atomic mass is 10.1. The van der Waals surface area contributed by atoms with E-state index in [2.05, 4.69) is 21.0 Å². The molecule has 0 aliphatic heterocycles. The smallest absolute Gasteiger partial charge is 0.282 e. The molecule has 1 atom stereocenters. The van der Waals surface area contributed by atoms with E-state index < -0.39 is 4.92 Å². The van der Waals surface area contributed by atoms with Crippen molar-refractivity contribution in [2.45, 2.75) is 32.8 Å². The maximum Gasteiger partial charge on any atom is 0.282 e. The normalized spacial score (nSPS) is 12.1. The number of nitro benzene ring substituents is 1. The largest absolute Gasteiger partial charge is 0.493 e. The maximum atomic E-state index is 13.3. The maximum absolute atomic E-state index is 13.3. The van der Waals surface area contributed by atoms with Gasteiger partial charge in [0, 0.05) is 22.5 Å². The average Bonchev–Trinajstić information content (AvgIpc) is 2.91. The van der Waals surface area contributed by atoms with Crippen LogP contribution in [0, 0.1) is 10.1 Å². The first-order chi connectivity index (χ1) is 18.2. The van der Waals surface area contributed by atoms with Crippen LogP contribution in [0.15, 0.2) is 69.0 Å². The Morgan fingerprint density at radius 3 is 2.61 bits per heavy atom. The zero-order valence-electron chi connectivity index (χ0n) is 20.9. The summed E-state index contributed by atoms with van der Waals surface area (Å²) in [6.07, 6.45) is 2.30. The number of ether oxygens (including phenoxy) is 2. The highest BCUT2D eigenvalue weighted by atomic mass is 79.9. The third kappa shape index (κ3) is 5.87. The summed E-state index contributed by atoms with van der Waals surface area (Å²) in [6.45, 7) is 4.15. The molecule has 9 nitrogen and oxygen atoms in total. The lowest BCUT2D eigenvalue weighted by molar-refractivity contribution is -0.384. The molecular formula is C27H24BrClN4O5. The first-order valence-corrected chi connectivity index (χ1v) is 12.9. The number of halogens is 2. The van der Waals surface area contributed by atoms with E-state index in [1.54, 1.807) is 36.4 Å². The van der Waals surface area contributed by atoms with Gasteiger partial charge >= 0.3 is 0 Å². The van der Waals surface area contributed by atoms with Gasteiger partial charge in [0.25, 0.3) is 11.2 Å². The monoisotopic (exact) mass is 598 g/mol. The number of nitro groups is 1. The number of hydrogen-bond acceptors (Lipinski definition) is 7. The van der Waals surface area contributed by atoms with Crippen LogP contribution in [0.3, 0.4) is 0 Å². The van der Waals surface area contributed by atoms with Crippen molar-refractivity contribution in [3.63, 3.8) is 0 Å².